The fourth-order valence-electron chi connectivity index (χ4n) is 2.57. The van der Waals surface area contributed by atoms with Gasteiger partial charge in [-0.25, -0.2) is 4.79 Å². The molecule has 18 heavy (non-hydrogen) atoms. The summed E-state index contributed by atoms with van der Waals surface area (Å²) >= 11 is 6.27. The fraction of sp³-hybridized carbons (Fsp3) is 0.533. The highest BCUT2D eigenvalue weighted by Gasteiger charge is 2.46. The standard InChI is InChI=1S/C15H19ClO2/c1-15(2,3)12-8-11(12)10-6-5-9(7-13(10)16)14(17)18-4/h5-7,11-12H,8H2,1-4H3/t11-,12?/m0/s1. The van der Waals surface area contributed by atoms with Gasteiger partial charge in [-0.3, -0.25) is 0 Å². The van der Waals surface area contributed by atoms with Crippen molar-refractivity contribution in [3.63, 3.8) is 0 Å². The van der Waals surface area contributed by atoms with Crippen LogP contribution in [0, 0.1) is 11.3 Å². The SMILES string of the molecule is COC(=O)c1ccc([C@@H]2CC2C(C)(C)C)c(Cl)c1. The van der Waals surface area contributed by atoms with Crippen LogP contribution in [0.4, 0.5) is 0 Å². The molecular weight excluding hydrogens is 248 g/mol. The molecule has 98 valence electrons. The van der Waals surface area contributed by atoms with Crippen LogP contribution in [0.15, 0.2) is 18.2 Å². The number of benzene rings is 1. The van der Waals surface area contributed by atoms with Crippen LogP contribution >= 0.6 is 11.6 Å². The molecular formula is C15H19ClO2. The highest BCUT2D eigenvalue weighted by atomic mass is 35.5. The topological polar surface area (TPSA) is 26.3 Å². The van der Waals surface area contributed by atoms with Crippen molar-refractivity contribution in [2.45, 2.75) is 33.1 Å². The van der Waals surface area contributed by atoms with E-state index in [-0.39, 0.29) is 5.97 Å². The van der Waals surface area contributed by atoms with Gasteiger partial charge < -0.3 is 4.74 Å². The van der Waals surface area contributed by atoms with E-state index in [0.29, 0.717) is 27.8 Å². The Morgan fingerprint density at radius 2 is 2.06 bits per heavy atom. The molecule has 2 nitrogen and oxygen atoms in total. The first-order valence-corrected chi connectivity index (χ1v) is 6.60. The Morgan fingerprint density at radius 3 is 2.50 bits per heavy atom. The molecule has 0 N–H and O–H groups in total. The summed E-state index contributed by atoms with van der Waals surface area (Å²) in [5.74, 6) is 0.870. The van der Waals surface area contributed by atoms with Gasteiger partial charge in [0.05, 0.1) is 12.7 Å². The van der Waals surface area contributed by atoms with Gasteiger partial charge in [-0.2, -0.15) is 0 Å². The first-order chi connectivity index (χ1) is 8.34. The van der Waals surface area contributed by atoms with Crippen molar-refractivity contribution in [3.05, 3.63) is 34.3 Å². The lowest BCUT2D eigenvalue weighted by Gasteiger charge is -2.18. The Hall–Kier alpha value is -1.02. The molecule has 0 radical (unpaired) electrons. The van der Waals surface area contributed by atoms with Gasteiger partial charge in [0.25, 0.3) is 0 Å². The molecule has 0 amide bonds. The second-order valence-electron chi connectivity index (χ2n) is 6.04. The molecule has 0 spiro atoms. The minimum atomic E-state index is -0.341. The smallest absolute Gasteiger partial charge is 0.337 e. The lowest BCUT2D eigenvalue weighted by molar-refractivity contribution is 0.0600. The maximum atomic E-state index is 11.4. The minimum Gasteiger partial charge on any atom is -0.465 e. The van der Waals surface area contributed by atoms with Crippen LogP contribution in [-0.4, -0.2) is 13.1 Å². The Morgan fingerprint density at radius 1 is 1.39 bits per heavy atom. The maximum Gasteiger partial charge on any atom is 0.337 e. The van der Waals surface area contributed by atoms with Crippen LogP contribution in [0.2, 0.25) is 5.02 Å². The largest absolute Gasteiger partial charge is 0.465 e. The van der Waals surface area contributed by atoms with Crippen LogP contribution in [0.5, 0.6) is 0 Å². The van der Waals surface area contributed by atoms with E-state index in [0.717, 1.165) is 5.56 Å². The number of hydrogen-bond donors (Lipinski definition) is 0. The Balaban J connectivity index is 2.20. The maximum absolute atomic E-state index is 11.4. The third kappa shape index (κ3) is 2.54. The number of ether oxygens (including phenoxy) is 1. The van der Waals surface area contributed by atoms with Gasteiger partial charge in [-0.05, 0) is 41.4 Å². The third-order valence-electron chi connectivity index (χ3n) is 3.72. The van der Waals surface area contributed by atoms with E-state index >= 15 is 0 Å². The first-order valence-electron chi connectivity index (χ1n) is 6.22. The Labute approximate surface area is 113 Å². The van der Waals surface area contributed by atoms with E-state index < -0.39 is 0 Å². The van der Waals surface area contributed by atoms with Crippen LogP contribution in [-0.2, 0) is 4.74 Å². The van der Waals surface area contributed by atoms with Gasteiger partial charge in [-0.15, -0.1) is 0 Å². The zero-order valence-corrected chi connectivity index (χ0v) is 12.0. The molecule has 0 heterocycles. The average molecular weight is 267 g/mol. The molecule has 1 aromatic carbocycles. The lowest BCUT2D eigenvalue weighted by atomic mass is 9.87. The summed E-state index contributed by atoms with van der Waals surface area (Å²) in [5, 5.41) is 0.676. The number of carbonyl (C=O) groups is 1. The van der Waals surface area contributed by atoms with E-state index in [1.165, 1.54) is 13.5 Å². The zero-order chi connectivity index (χ0) is 13.5. The predicted octanol–water partition coefficient (Wildman–Crippen LogP) is 4.28. The highest BCUT2D eigenvalue weighted by Crippen LogP contribution is 2.57. The second-order valence-corrected chi connectivity index (χ2v) is 6.45. The quantitative estimate of drug-likeness (QED) is 0.747. The summed E-state index contributed by atoms with van der Waals surface area (Å²) in [6.07, 6.45) is 1.18. The third-order valence-corrected chi connectivity index (χ3v) is 4.05. The van der Waals surface area contributed by atoms with Crippen molar-refractivity contribution < 1.29 is 9.53 Å². The van der Waals surface area contributed by atoms with Crippen molar-refractivity contribution in [2.24, 2.45) is 11.3 Å². The van der Waals surface area contributed by atoms with Gasteiger partial charge in [0, 0.05) is 5.02 Å². The van der Waals surface area contributed by atoms with E-state index in [2.05, 4.69) is 25.5 Å². The fourth-order valence-corrected chi connectivity index (χ4v) is 2.89. The normalized spacial score (nSPS) is 22.7. The molecule has 2 atom stereocenters. The molecule has 1 unspecified atom stereocenters. The number of carbonyl (C=O) groups excluding carboxylic acids is 1. The second kappa shape index (κ2) is 4.58. The van der Waals surface area contributed by atoms with Gasteiger partial charge in [0.15, 0.2) is 0 Å². The molecule has 0 aliphatic heterocycles. The van der Waals surface area contributed by atoms with Crippen molar-refractivity contribution in [3.8, 4) is 0 Å². The molecule has 3 heteroatoms. The summed E-state index contributed by atoms with van der Waals surface area (Å²) in [7, 11) is 1.38. The molecule has 1 aromatic rings. The van der Waals surface area contributed by atoms with E-state index in [9.17, 15) is 4.79 Å². The van der Waals surface area contributed by atoms with E-state index in [1.807, 2.05) is 6.07 Å². The summed E-state index contributed by atoms with van der Waals surface area (Å²) < 4.78 is 4.69. The summed E-state index contributed by atoms with van der Waals surface area (Å²) in [6, 6.07) is 5.47. The van der Waals surface area contributed by atoms with E-state index in [1.54, 1.807) is 12.1 Å². The van der Waals surface area contributed by atoms with Crippen LogP contribution in [0.1, 0.15) is 49.0 Å². The molecule has 0 saturated heterocycles. The van der Waals surface area contributed by atoms with Gasteiger partial charge in [0.1, 0.15) is 0 Å². The van der Waals surface area contributed by atoms with Crippen LogP contribution in [0.25, 0.3) is 0 Å². The monoisotopic (exact) mass is 266 g/mol. The molecule has 1 aliphatic carbocycles. The number of esters is 1. The van der Waals surface area contributed by atoms with Crippen molar-refractivity contribution in [1.82, 2.24) is 0 Å². The number of methoxy groups -OCH3 is 1. The van der Waals surface area contributed by atoms with Crippen LogP contribution in [0.3, 0.4) is 0 Å². The Kier molecular flexibility index (Phi) is 3.41. The van der Waals surface area contributed by atoms with Gasteiger partial charge in [0.2, 0.25) is 0 Å². The van der Waals surface area contributed by atoms with E-state index in [4.69, 9.17) is 11.6 Å². The van der Waals surface area contributed by atoms with Crippen LogP contribution < -0.4 is 0 Å². The van der Waals surface area contributed by atoms with Crippen molar-refractivity contribution >= 4 is 17.6 Å². The number of rotatable bonds is 2. The van der Waals surface area contributed by atoms with Gasteiger partial charge >= 0.3 is 5.97 Å². The predicted molar refractivity (Wildman–Crippen MR) is 73.1 cm³/mol. The zero-order valence-electron chi connectivity index (χ0n) is 11.3. The summed E-state index contributed by atoms with van der Waals surface area (Å²) in [5.41, 5.74) is 1.98. The first kappa shape index (κ1) is 13.4. The summed E-state index contributed by atoms with van der Waals surface area (Å²) in [6.45, 7) is 6.77. The molecule has 0 aromatic heterocycles. The van der Waals surface area contributed by atoms with Crippen molar-refractivity contribution in [1.29, 1.82) is 0 Å². The van der Waals surface area contributed by atoms with Gasteiger partial charge in [-0.1, -0.05) is 38.4 Å². The summed E-state index contributed by atoms with van der Waals surface area (Å²) in [4.78, 5) is 11.4. The van der Waals surface area contributed by atoms with Crippen molar-refractivity contribution in [2.75, 3.05) is 7.11 Å². The molecule has 1 aliphatic rings. The number of halogens is 1. The number of hydrogen-bond acceptors (Lipinski definition) is 2. The molecule has 1 fully saturated rings. The highest BCUT2D eigenvalue weighted by molar-refractivity contribution is 6.31. The molecule has 1 saturated carbocycles. The lowest BCUT2D eigenvalue weighted by Crippen LogP contribution is -2.09. The Bertz CT molecular complexity index is 474. The minimum absolute atomic E-state index is 0.315. The molecule has 2 rings (SSSR count). The average Bonchev–Trinajstić information content (AvgIpc) is 3.07. The molecule has 0 bridgehead atoms.